The van der Waals surface area contributed by atoms with Gasteiger partial charge >= 0.3 is 0 Å². The van der Waals surface area contributed by atoms with Crippen LogP contribution >= 0.6 is 0 Å². The fourth-order valence-electron chi connectivity index (χ4n) is 2.54. The second kappa shape index (κ2) is 3.08. The Hall–Kier alpha value is -0.520. The minimum Gasteiger partial charge on any atom is -0.0839 e. The number of fused-ring (bicyclic) bond motifs is 1. The van der Waals surface area contributed by atoms with Crippen LogP contribution in [0, 0.1) is 17.8 Å². The summed E-state index contributed by atoms with van der Waals surface area (Å²) in [6.45, 7) is 4.78. The second-order valence-electron chi connectivity index (χ2n) is 4.37. The summed E-state index contributed by atoms with van der Waals surface area (Å²) in [6.07, 6.45) is 11.0. The SMILES string of the molecule is CC1CCC2CC=CC=C2C1C. The summed E-state index contributed by atoms with van der Waals surface area (Å²) < 4.78 is 0. The quantitative estimate of drug-likeness (QED) is 0.511. The lowest BCUT2D eigenvalue weighted by Gasteiger charge is -2.36. The lowest BCUT2D eigenvalue weighted by molar-refractivity contribution is 0.290. The van der Waals surface area contributed by atoms with E-state index in [1.54, 1.807) is 5.57 Å². The van der Waals surface area contributed by atoms with Crippen molar-refractivity contribution >= 4 is 0 Å². The van der Waals surface area contributed by atoms with E-state index in [0.29, 0.717) is 0 Å². The van der Waals surface area contributed by atoms with Gasteiger partial charge in [-0.15, -0.1) is 0 Å². The van der Waals surface area contributed by atoms with Crippen LogP contribution in [0.5, 0.6) is 0 Å². The van der Waals surface area contributed by atoms with Gasteiger partial charge in [-0.2, -0.15) is 0 Å². The van der Waals surface area contributed by atoms with E-state index >= 15 is 0 Å². The van der Waals surface area contributed by atoms with Crippen LogP contribution in [0.25, 0.3) is 0 Å². The summed E-state index contributed by atoms with van der Waals surface area (Å²) in [5, 5.41) is 0. The van der Waals surface area contributed by atoms with Crippen molar-refractivity contribution in [1.29, 1.82) is 0 Å². The van der Waals surface area contributed by atoms with E-state index < -0.39 is 0 Å². The van der Waals surface area contributed by atoms with E-state index in [0.717, 1.165) is 17.8 Å². The van der Waals surface area contributed by atoms with Crippen LogP contribution in [0.1, 0.15) is 33.1 Å². The average Bonchev–Trinajstić information content (AvgIpc) is 2.12. The first-order valence-electron chi connectivity index (χ1n) is 5.15. The van der Waals surface area contributed by atoms with Crippen molar-refractivity contribution in [3.63, 3.8) is 0 Å². The Labute approximate surface area is 75.4 Å². The van der Waals surface area contributed by atoms with Crippen LogP contribution in [0.3, 0.4) is 0 Å². The first kappa shape index (κ1) is 8.10. The molecule has 66 valence electrons. The van der Waals surface area contributed by atoms with Crippen molar-refractivity contribution in [3.05, 3.63) is 23.8 Å². The minimum atomic E-state index is 0.827. The molecule has 0 heterocycles. The molecule has 12 heavy (non-hydrogen) atoms. The number of allylic oxidation sites excluding steroid dienone is 4. The monoisotopic (exact) mass is 162 g/mol. The summed E-state index contributed by atoms with van der Waals surface area (Å²) in [6, 6.07) is 0. The van der Waals surface area contributed by atoms with Crippen molar-refractivity contribution < 1.29 is 0 Å². The van der Waals surface area contributed by atoms with Crippen LogP contribution in [0.4, 0.5) is 0 Å². The molecule has 0 heteroatoms. The van der Waals surface area contributed by atoms with Gasteiger partial charge in [0, 0.05) is 0 Å². The Morgan fingerprint density at radius 2 is 2.08 bits per heavy atom. The number of hydrogen-bond acceptors (Lipinski definition) is 0. The molecule has 1 fully saturated rings. The zero-order chi connectivity index (χ0) is 8.55. The molecule has 3 atom stereocenters. The zero-order valence-corrected chi connectivity index (χ0v) is 8.09. The molecule has 3 unspecified atom stereocenters. The normalized spacial score (nSPS) is 40.5. The predicted molar refractivity (Wildman–Crippen MR) is 52.9 cm³/mol. The fraction of sp³-hybridized carbons (Fsp3) is 0.667. The van der Waals surface area contributed by atoms with E-state index in [1.165, 1.54) is 19.3 Å². The standard InChI is InChI=1S/C12H18/c1-9-7-8-11-5-3-4-6-12(11)10(9)2/h3-4,6,9-11H,5,7-8H2,1-2H3. The van der Waals surface area contributed by atoms with Crippen LogP contribution in [-0.2, 0) is 0 Å². The Bertz CT molecular complexity index is 222. The van der Waals surface area contributed by atoms with E-state index in [-0.39, 0.29) is 0 Å². The van der Waals surface area contributed by atoms with Gasteiger partial charge in [0.2, 0.25) is 0 Å². The number of rotatable bonds is 0. The van der Waals surface area contributed by atoms with Crippen molar-refractivity contribution in [2.24, 2.45) is 17.8 Å². The summed E-state index contributed by atoms with van der Waals surface area (Å²) >= 11 is 0. The van der Waals surface area contributed by atoms with Crippen LogP contribution < -0.4 is 0 Å². The van der Waals surface area contributed by atoms with Crippen LogP contribution in [-0.4, -0.2) is 0 Å². The van der Waals surface area contributed by atoms with Gasteiger partial charge in [0.1, 0.15) is 0 Å². The Kier molecular flexibility index (Phi) is 2.08. The summed E-state index contributed by atoms with van der Waals surface area (Å²) in [4.78, 5) is 0. The molecular formula is C12H18. The Morgan fingerprint density at radius 1 is 1.25 bits per heavy atom. The zero-order valence-electron chi connectivity index (χ0n) is 8.09. The molecule has 0 N–H and O–H groups in total. The van der Waals surface area contributed by atoms with Gasteiger partial charge in [0.05, 0.1) is 0 Å². The lowest BCUT2D eigenvalue weighted by atomic mass is 9.69. The van der Waals surface area contributed by atoms with Gasteiger partial charge in [-0.3, -0.25) is 0 Å². The Balaban J connectivity index is 2.21. The van der Waals surface area contributed by atoms with E-state index in [4.69, 9.17) is 0 Å². The first-order chi connectivity index (χ1) is 5.79. The summed E-state index contributed by atoms with van der Waals surface area (Å²) in [7, 11) is 0. The smallest absolute Gasteiger partial charge is 0.0163 e. The maximum atomic E-state index is 2.39. The lowest BCUT2D eigenvalue weighted by Crippen LogP contribution is -2.24. The molecule has 0 aromatic heterocycles. The van der Waals surface area contributed by atoms with Crippen molar-refractivity contribution in [1.82, 2.24) is 0 Å². The van der Waals surface area contributed by atoms with Gasteiger partial charge in [0.15, 0.2) is 0 Å². The summed E-state index contributed by atoms with van der Waals surface area (Å²) in [5.74, 6) is 2.62. The molecular weight excluding hydrogens is 144 g/mol. The Morgan fingerprint density at radius 3 is 2.92 bits per heavy atom. The van der Waals surface area contributed by atoms with E-state index in [1.807, 2.05) is 0 Å². The molecule has 1 saturated carbocycles. The molecule has 0 saturated heterocycles. The van der Waals surface area contributed by atoms with Crippen molar-refractivity contribution in [3.8, 4) is 0 Å². The minimum absolute atomic E-state index is 0.827. The molecule has 0 amide bonds. The van der Waals surface area contributed by atoms with Crippen LogP contribution in [0.15, 0.2) is 23.8 Å². The highest BCUT2D eigenvalue weighted by Crippen LogP contribution is 2.41. The molecule has 0 spiro atoms. The van der Waals surface area contributed by atoms with E-state index in [2.05, 4.69) is 32.1 Å². The maximum Gasteiger partial charge on any atom is -0.0163 e. The van der Waals surface area contributed by atoms with Gasteiger partial charge in [-0.25, -0.2) is 0 Å². The average molecular weight is 162 g/mol. The maximum absolute atomic E-state index is 2.39. The third-order valence-electron chi connectivity index (χ3n) is 3.67. The molecule has 0 aliphatic heterocycles. The molecule has 0 aromatic carbocycles. The molecule has 2 aliphatic rings. The van der Waals surface area contributed by atoms with Gasteiger partial charge in [-0.05, 0) is 37.0 Å². The molecule has 2 rings (SSSR count). The molecule has 0 aromatic rings. The molecule has 0 bridgehead atoms. The highest BCUT2D eigenvalue weighted by molar-refractivity contribution is 5.24. The largest absolute Gasteiger partial charge is 0.0839 e. The highest BCUT2D eigenvalue weighted by atomic mass is 14.3. The number of hydrogen-bond donors (Lipinski definition) is 0. The third kappa shape index (κ3) is 1.24. The highest BCUT2D eigenvalue weighted by Gasteiger charge is 2.29. The summed E-state index contributed by atoms with van der Waals surface area (Å²) in [5.41, 5.74) is 1.72. The van der Waals surface area contributed by atoms with Gasteiger partial charge < -0.3 is 0 Å². The molecule has 0 radical (unpaired) electrons. The van der Waals surface area contributed by atoms with Crippen molar-refractivity contribution in [2.75, 3.05) is 0 Å². The topological polar surface area (TPSA) is 0 Å². The first-order valence-corrected chi connectivity index (χ1v) is 5.15. The van der Waals surface area contributed by atoms with Crippen molar-refractivity contribution in [2.45, 2.75) is 33.1 Å². The second-order valence-corrected chi connectivity index (χ2v) is 4.37. The fourth-order valence-corrected chi connectivity index (χ4v) is 2.54. The van der Waals surface area contributed by atoms with Crippen LogP contribution in [0.2, 0.25) is 0 Å². The predicted octanol–water partition coefficient (Wildman–Crippen LogP) is 3.55. The molecule has 0 nitrogen and oxygen atoms in total. The van der Waals surface area contributed by atoms with E-state index in [9.17, 15) is 0 Å². The van der Waals surface area contributed by atoms with Gasteiger partial charge in [0.25, 0.3) is 0 Å². The van der Waals surface area contributed by atoms with Gasteiger partial charge in [-0.1, -0.05) is 37.6 Å². The molecule has 2 aliphatic carbocycles. The third-order valence-corrected chi connectivity index (χ3v) is 3.67.